The number of nitrogens with zero attached hydrogens (tertiary/aromatic N) is 2. The Hall–Kier alpha value is -2.34. The summed E-state index contributed by atoms with van der Waals surface area (Å²) in [4.78, 5) is 11.8. The van der Waals surface area contributed by atoms with E-state index in [-0.39, 0.29) is 18.5 Å². The van der Waals surface area contributed by atoms with Crippen LogP contribution in [0.5, 0.6) is 0 Å². The summed E-state index contributed by atoms with van der Waals surface area (Å²) >= 11 is 0. The number of amides is 2. The molecule has 0 aliphatic rings. The van der Waals surface area contributed by atoms with Crippen LogP contribution in [0.2, 0.25) is 0 Å². The first-order valence-electron chi connectivity index (χ1n) is 7.26. The first-order chi connectivity index (χ1) is 10.4. The summed E-state index contributed by atoms with van der Waals surface area (Å²) in [6, 6.07) is 8.85. The molecule has 0 bridgehead atoms. The minimum atomic E-state index is -0.929. The number of urea groups is 1. The molecule has 2 amide bonds. The van der Waals surface area contributed by atoms with Gasteiger partial charge in [-0.2, -0.15) is 5.10 Å². The number of nitrogens with one attached hydrogen (secondary N) is 2. The molecule has 0 fully saturated rings. The number of benzene rings is 1. The van der Waals surface area contributed by atoms with Crippen LogP contribution in [0.1, 0.15) is 20.8 Å². The van der Waals surface area contributed by atoms with Gasteiger partial charge in [0.05, 0.1) is 11.3 Å². The van der Waals surface area contributed by atoms with Gasteiger partial charge in [0.15, 0.2) is 0 Å². The van der Waals surface area contributed by atoms with E-state index in [1.165, 1.54) is 0 Å². The van der Waals surface area contributed by atoms with E-state index in [2.05, 4.69) is 15.7 Å². The Kier molecular flexibility index (Phi) is 4.82. The molecule has 0 spiro atoms. The Morgan fingerprint density at radius 2 is 2.05 bits per heavy atom. The largest absolute Gasteiger partial charge is 0.388 e. The Labute approximate surface area is 130 Å². The van der Waals surface area contributed by atoms with Crippen LogP contribution in [0.15, 0.2) is 42.7 Å². The summed E-state index contributed by atoms with van der Waals surface area (Å²) in [5, 5.41) is 19.6. The van der Waals surface area contributed by atoms with Crippen LogP contribution in [-0.2, 0) is 0 Å². The molecule has 6 nitrogen and oxygen atoms in total. The van der Waals surface area contributed by atoms with E-state index in [0.717, 1.165) is 5.69 Å². The zero-order valence-corrected chi connectivity index (χ0v) is 13.1. The Morgan fingerprint density at radius 1 is 1.36 bits per heavy atom. The van der Waals surface area contributed by atoms with Gasteiger partial charge < -0.3 is 15.7 Å². The first kappa shape index (κ1) is 16.0. The number of rotatable bonds is 5. The van der Waals surface area contributed by atoms with E-state index in [1.807, 2.05) is 38.2 Å². The topological polar surface area (TPSA) is 79.2 Å². The minimum Gasteiger partial charge on any atom is -0.388 e. The molecule has 1 atom stereocenters. The van der Waals surface area contributed by atoms with Crippen molar-refractivity contribution in [3.8, 4) is 5.69 Å². The van der Waals surface area contributed by atoms with E-state index in [1.54, 1.807) is 29.9 Å². The third kappa shape index (κ3) is 4.08. The molecule has 22 heavy (non-hydrogen) atoms. The van der Waals surface area contributed by atoms with Crippen LogP contribution in [0, 0.1) is 5.92 Å². The van der Waals surface area contributed by atoms with Crippen molar-refractivity contribution in [3.63, 3.8) is 0 Å². The number of carbonyl (C=O) groups is 1. The number of hydrogen-bond acceptors (Lipinski definition) is 3. The van der Waals surface area contributed by atoms with Gasteiger partial charge in [0.1, 0.15) is 0 Å². The molecule has 0 radical (unpaired) electrons. The van der Waals surface area contributed by atoms with Gasteiger partial charge in [0.25, 0.3) is 0 Å². The number of carbonyl (C=O) groups excluding carboxylic acids is 1. The highest BCUT2D eigenvalue weighted by molar-refractivity contribution is 5.89. The van der Waals surface area contributed by atoms with Gasteiger partial charge in [-0.05, 0) is 43.2 Å². The van der Waals surface area contributed by atoms with Gasteiger partial charge >= 0.3 is 6.03 Å². The van der Waals surface area contributed by atoms with Crippen molar-refractivity contribution in [1.82, 2.24) is 15.1 Å². The summed E-state index contributed by atoms with van der Waals surface area (Å²) < 4.78 is 1.74. The zero-order valence-electron chi connectivity index (χ0n) is 13.1. The number of aliphatic hydroxyl groups is 1. The third-order valence-corrected chi connectivity index (χ3v) is 3.74. The first-order valence-corrected chi connectivity index (χ1v) is 7.26. The highest BCUT2D eigenvalue weighted by Gasteiger charge is 2.25. The van der Waals surface area contributed by atoms with Gasteiger partial charge in [-0.1, -0.05) is 13.8 Å². The maximum Gasteiger partial charge on any atom is 0.319 e. The smallest absolute Gasteiger partial charge is 0.319 e. The van der Waals surface area contributed by atoms with Gasteiger partial charge in [-0.3, -0.25) is 0 Å². The maximum atomic E-state index is 11.8. The molecular weight excluding hydrogens is 280 g/mol. The van der Waals surface area contributed by atoms with Gasteiger partial charge in [-0.15, -0.1) is 0 Å². The Bertz CT molecular complexity index is 604. The fourth-order valence-electron chi connectivity index (χ4n) is 1.76. The van der Waals surface area contributed by atoms with E-state index in [9.17, 15) is 9.90 Å². The summed E-state index contributed by atoms with van der Waals surface area (Å²) in [6.07, 6.45) is 3.56. The standard InChI is InChI=1S/C16H22N4O2/c1-12(2)16(3,22)11-17-15(21)19-13-5-7-14(8-6-13)20-10-4-9-18-20/h4-10,12,22H,11H2,1-3H3,(H2,17,19,21). The number of aromatic nitrogens is 2. The molecule has 1 aromatic heterocycles. The predicted octanol–water partition coefficient (Wildman–Crippen LogP) is 2.40. The summed E-state index contributed by atoms with van der Waals surface area (Å²) in [5.41, 5.74) is 0.665. The van der Waals surface area contributed by atoms with Crippen molar-refractivity contribution in [2.24, 2.45) is 5.92 Å². The third-order valence-electron chi connectivity index (χ3n) is 3.74. The van der Waals surface area contributed by atoms with E-state index < -0.39 is 5.60 Å². The van der Waals surface area contributed by atoms with Crippen molar-refractivity contribution < 1.29 is 9.90 Å². The lowest BCUT2D eigenvalue weighted by atomic mass is 9.93. The van der Waals surface area contributed by atoms with Crippen LogP contribution in [0.25, 0.3) is 5.69 Å². The highest BCUT2D eigenvalue weighted by atomic mass is 16.3. The molecule has 6 heteroatoms. The molecule has 1 aromatic carbocycles. The van der Waals surface area contributed by atoms with Crippen LogP contribution in [0.4, 0.5) is 10.5 Å². The molecule has 0 aliphatic carbocycles. The second-order valence-electron chi connectivity index (χ2n) is 5.82. The molecule has 1 heterocycles. The molecule has 0 saturated carbocycles. The second-order valence-corrected chi connectivity index (χ2v) is 5.82. The summed E-state index contributed by atoms with van der Waals surface area (Å²) in [6.45, 7) is 5.72. The van der Waals surface area contributed by atoms with Crippen LogP contribution in [-0.4, -0.2) is 33.1 Å². The van der Waals surface area contributed by atoms with Crippen molar-refractivity contribution in [2.45, 2.75) is 26.4 Å². The molecule has 0 aliphatic heterocycles. The quantitative estimate of drug-likeness (QED) is 0.793. The average Bonchev–Trinajstić information content (AvgIpc) is 3.00. The molecular formula is C16H22N4O2. The molecule has 1 unspecified atom stereocenters. The molecule has 3 N–H and O–H groups in total. The lowest BCUT2D eigenvalue weighted by Crippen LogP contribution is -2.45. The second kappa shape index (κ2) is 6.62. The average molecular weight is 302 g/mol. The Morgan fingerprint density at radius 3 is 2.59 bits per heavy atom. The van der Waals surface area contributed by atoms with Crippen LogP contribution < -0.4 is 10.6 Å². The van der Waals surface area contributed by atoms with E-state index in [4.69, 9.17) is 0 Å². The molecule has 2 rings (SSSR count). The van der Waals surface area contributed by atoms with Gasteiger partial charge in [-0.25, -0.2) is 9.48 Å². The summed E-state index contributed by atoms with van der Waals surface area (Å²) in [5.74, 6) is 0.0566. The SMILES string of the molecule is CC(C)C(C)(O)CNC(=O)Nc1ccc(-n2cccn2)cc1. The fraction of sp³-hybridized carbons (Fsp3) is 0.375. The van der Waals surface area contributed by atoms with Gasteiger partial charge in [0.2, 0.25) is 0 Å². The van der Waals surface area contributed by atoms with Crippen molar-refractivity contribution in [1.29, 1.82) is 0 Å². The van der Waals surface area contributed by atoms with Crippen LogP contribution >= 0.6 is 0 Å². The van der Waals surface area contributed by atoms with Crippen LogP contribution in [0.3, 0.4) is 0 Å². The van der Waals surface area contributed by atoms with Gasteiger partial charge in [0, 0.05) is 24.6 Å². The maximum absolute atomic E-state index is 11.8. The monoisotopic (exact) mass is 302 g/mol. The number of hydrogen-bond donors (Lipinski definition) is 3. The van der Waals surface area contributed by atoms with E-state index in [0.29, 0.717) is 5.69 Å². The fourth-order valence-corrected chi connectivity index (χ4v) is 1.76. The molecule has 118 valence electrons. The van der Waals surface area contributed by atoms with Crippen molar-refractivity contribution in [2.75, 3.05) is 11.9 Å². The predicted molar refractivity (Wildman–Crippen MR) is 86.0 cm³/mol. The van der Waals surface area contributed by atoms with Crippen molar-refractivity contribution >= 4 is 11.7 Å². The lowest BCUT2D eigenvalue weighted by molar-refractivity contribution is 0.0170. The normalized spacial score (nSPS) is 13.7. The minimum absolute atomic E-state index is 0.0566. The summed E-state index contributed by atoms with van der Waals surface area (Å²) in [7, 11) is 0. The van der Waals surface area contributed by atoms with E-state index >= 15 is 0 Å². The number of anilines is 1. The highest BCUT2D eigenvalue weighted by Crippen LogP contribution is 2.15. The Balaban J connectivity index is 1.90. The zero-order chi connectivity index (χ0) is 16.2. The molecule has 0 saturated heterocycles. The molecule has 2 aromatic rings. The van der Waals surface area contributed by atoms with Crippen molar-refractivity contribution in [3.05, 3.63) is 42.7 Å². The lowest BCUT2D eigenvalue weighted by Gasteiger charge is -2.27.